The molecule has 1 aliphatic carbocycles. The normalized spacial score (nSPS) is 13.9. The van der Waals surface area contributed by atoms with Crippen molar-refractivity contribution >= 4 is 49.9 Å². The van der Waals surface area contributed by atoms with E-state index in [0.717, 1.165) is 50.5 Å². The molecule has 27 heavy (non-hydrogen) atoms. The van der Waals surface area contributed by atoms with Crippen molar-refractivity contribution in [2.24, 2.45) is 4.99 Å². The molecule has 0 saturated heterocycles. The van der Waals surface area contributed by atoms with Gasteiger partial charge >= 0.3 is 5.97 Å². The number of methoxy groups -OCH3 is 1. The molecule has 0 unspecified atom stereocenters. The molecule has 0 bridgehead atoms. The molecule has 3 aromatic rings. The number of esters is 1. The molecule has 2 heterocycles. The predicted molar refractivity (Wildman–Crippen MR) is 113 cm³/mol. The first-order chi connectivity index (χ1) is 13.2. The van der Waals surface area contributed by atoms with E-state index in [2.05, 4.69) is 12.1 Å². The fraction of sp³-hybridized carbons (Fsp3) is 0.333. The Kier molecular flexibility index (Phi) is 5.27. The summed E-state index contributed by atoms with van der Waals surface area (Å²) < 4.78 is 12.1. The van der Waals surface area contributed by atoms with Crippen molar-refractivity contribution in [2.75, 3.05) is 13.7 Å². The fourth-order valence-corrected chi connectivity index (χ4v) is 5.78. The van der Waals surface area contributed by atoms with Crippen LogP contribution in [0.4, 0.5) is 5.00 Å². The lowest BCUT2D eigenvalue weighted by Crippen LogP contribution is -2.09. The average molecular weight is 400 g/mol. The van der Waals surface area contributed by atoms with Crippen molar-refractivity contribution in [3.63, 3.8) is 0 Å². The summed E-state index contributed by atoms with van der Waals surface area (Å²) in [5, 5.41) is 1.84. The first-order valence-corrected chi connectivity index (χ1v) is 10.8. The van der Waals surface area contributed by atoms with Crippen LogP contribution in [0.25, 0.3) is 10.1 Å². The number of aryl methyl sites for hydroxylation is 1. The lowest BCUT2D eigenvalue weighted by molar-refractivity contribution is 0.0526. The monoisotopic (exact) mass is 399 g/mol. The SMILES string of the molecule is CCOC(=O)c1c(N=Cc2sc3ccccc3c2OC)sc2c1CCCC2. The van der Waals surface area contributed by atoms with Crippen molar-refractivity contribution in [1.29, 1.82) is 0 Å². The van der Waals surface area contributed by atoms with E-state index in [1.54, 1.807) is 29.8 Å². The standard InChI is InChI=1S/C21H21NO3S2/c1-3-25-21(23)18-13-8-4-6-10-15(13)27-20(18)22-12-17-19(24-2)14-9-5-7-11-16(14)26-17/h5,7,9,11-12H,3-4,6,8,10H2,1-2H3. The van der Waals surface area contributed by atoms with Gasteiger partial charge < -0.3 is 9.47 Å². The van der Waals surface area contributed by atoms with Gasteiger partial charge in [0, 0.05) is 21.2 Å². The van der Waals surface area contributed by atoms with Crippen LogP contribution in [0.2, 0.25) is 0 Å². The molecule has 4 rings (SSSR count). The van der Waals surface area contributed by atoms with Crippen LogP contribution in [0.15, 0.2) is 29.3 Å². The number of carbonyl (C=O) groups is 1. The summed E-state index contributed by atoms with van der Waals surface area (Å²) in [5.74, 6) is 0.575. The minimum atomic E-state index is -0.257. The molecule has 2 aromatic heterocycles. The second-order valence-electron chi connectivity index (χ2n) is 6.37. The maximum Gasteiger partial charge on any atom is 0.341 e. The van der Waals surface area contributed by atoms with E-state index in [4.69, 9.17) is 14.5 Å². The van der Waals surface area contributed by atoms with Gasteiger partial charge in [-0.05, 0) is 50.3 Å². The first-order valence-electron chi connectivity index (χ1n) is 9.14. The van der Waals surface area contributed by atoms with Crippen LogP contribution in [-0.2, 0) is 17.6 Å². The number of carbonyl (C=O) groups excluding carboxylic acids is 1. The van der Waals surface area contributed by atoms with Crippen LogP contribution in [0.1, 0.15) is 45.4 Å². The van der Waals surface area contributed by atoms with Crippen LogP contribution >= 0.6 is 22.7 Å². The Hall–Kier alpha value is -2.18. The number of nitrogens with zero attached hydrogens (tertiary/aromatic N) is 1. The Morgan fingerprint density at radius 2 is 2.04 bits per heavy atom. The van der Waals surface area contributed by atoms with Crippen LogP contribution < -0.4 is 4.74 Å². The lowest BCUT2D eigenvalue weighted by Gasteiger charge is -2.11. The highest BCUT2D eigenvalue weighted by molar-refractivity contribution is 7.21. The Labute approximate surface area is 166 Å². The minimum absolute atomic E-state index is 0.257. The van der Waals surface area contributed by atoms with E-state index in [1.165, 1.54) is 11.3 Å². The lowest BCUT2D eigenvalue weighted by atomic mass is 9.95. The largest absolute Gasteiger partial charge is 0.495 e. The van der Waals surface area contributed by atoms with Crippen molar-refractivity contribution in [1.82, 2.24) is 0 Å². The van der Waals surface area contributed by atoms with Gasteiger partial charge in [0.1, 0.15) is 10.8 Å². The quantitative estimate of drug-likeness (QED) is 0.404. The van der Waals surface area contributed by atoms with Gasteiger partial charge in [-0.2, -0.15) is 0 Å². The average Bonchev–Trinajstić information content (AvgIpc) is 3.23. The highest BCUT2D eigenvalue weighted by atomic mass is 32.1. The zero-order valence-corrected chi connectivity index (χ0v) is 17.0. The van der Waals surface area contributed by atoms with Gasteiger partial charge in [0.2, 0.25) is 0 Å². The fourth-order valence-electron chi connectivity index (χ4n) is 3.51. The number of aliphatic imine (C=N–C) groups is 1. The van der Waals surface area contributed by atoms with Gasteiger partial charge in [-0.25, -0.2) is 9.79 Å². The smallest absolute Gasteiger partial charge is 0.341 e. The van der Waals surface area contributed by atoms with Crippen LogP contribution in [0.3, 0.4) is 0 Å². The Balaban J connectivity index is 1.76. The number of ether oxygens (including phenoxy) is 2. The molecule has 0 amide bonds. The first kappa shape index (κ1) is 18.2. The predicted octanol–water partition coefficient (Wildman–Crippen LogP) is 5.78. The Bertz CT molecular complexity index is 1020. The molecule has 140 valence electrons. The van der Waals surface area contributed by atoms with E-state index in [9.17, 15) is 4.79 Å². The van der Waals surface area contributed by atoms with Crippen LogP contribution in [0.5, 0.6) is 5.75 Å². The molecule has 4 nitrogen and oxygen atoms in total. The minimum Gasteiger partial charge on any atom is -0.495 e. The molecule has 0 fully saturated rings. The van der Waals surface area contributed by atoms with E-state index in [0.29, 0.717) is 12.2 Å². The second kappa shape index (κ2) is 7.82. The van der Waals surface area contributed by atoms with Gasteiger partial charge in [0.05, 0.1) is 24.2 Å². The zero-order valence-electron chi connectivity index (χ0n) is 15.4. The number of hydrogen-bond acceptors (Lipinski definition) is 6. The molecule has 1 aliphatic rings. The topological polar surface area (TPSA) is 47.9 Å². The summed E-state index contributed by atoms with van der Waals surface area (Å²) in [7, 11) is 1.68. The highest BCUT2D eigenvalue weighted by Crippen LogP contribution is 2.41. The van der Waals surface area contributed by atoms with Gasteiger partial charge in [-0.3, -0.25) is 0 Å². The number of hydrogen-bond donors (Lipinski definition) is 0. The van der Waals surface area contributed by atoms with Crippen molar-refractivity contribution < 1.29 is 14.3 Å². The Morgan fingerprint density at radius 3 is 2.85 bits per heavy atom. The van der Waals surface area contributed by atoms with Gasteiger partial charge in [-0.15, -0.1) is 22.7 Å². The molecular formula is C21H21NO3S2. The summed E-state index contributed by atoms with van der Waals surface area (Å²) in [4.78, 5) is 19.5. The van der Waals surface area contributed by atoms with E-state index >= 15 is 0 Å². The van der Waals surface area contributed by atoms with Crippen molar-refractivity contribution in [3.05, 3.63) is 45.1 Å². The molecular weight excluding hydrogens is 378 g/mol. The molecule has 0 saturated carbocycles. The second-order valence-corrected chi connectivity index (χ2v) is 8.53. The number of fused-ring (bicyclic) bond motifs is 2. The number of thiophene rings is 2. The number of rotatable bonds is 5. The van der Waals surface area contributed by atoms with E-state index in [-0.39, 0.29) is 5.97 Å². The van der Waals surface area contributed by atoms with Gasteiger partial charge in [0.15, 0.2) is 0 Å². The van der Waals surface area contributed by atoms with Crippen molar-refractivity contribution in [2.45, 2.75) is 32.6 Å². The third kappa shape index (κ3) is 3.39. The van der Waals surface area contributed by atoms with E-state index in [1.807, 2.05) is 25.3 Å². The molecule has 0 atom stereocenters. The molecule has 1 aromatic carbocycles. The maximum atomic E-state index is 12.6. The summed E-state index contributed by atoms with van der Waals surface area (Å²) in [6.07, 6.45) is 6.06. The molecule has 6 heteroatoms. The summed E-state index contributed by atoms with van der Waals surface area (Å²) >= 11 is 3.26. The summed E-state index contributed by atoms with van der Waals surface area (Å²) in [6, 6.07) is 8.15. The zero-order chi connectivity index (χ0) is 18.8. The van der Waals surface area contributed by atoms with Gasteiger partial charge in [0.25, 0.3) is 0 Å². The van der Waals surface area contributed by atoms with Crippen LogP contribution in [-0.4, -0.2) is 25.9 Å². The molecule has 0 radical (unpaired) electrons. The highest BCUT2D eigenvalue weighted by Gasteiger charge is 2.26. The van der Waals surface area contributed by atoms with E-state index < -0.39 is 0 Å². The molecule has 0 spiro atoms. The maximum absolute atomic E-state index is 12.6. The van der Waals surface area contributed by atoms with Gasteiger partial charge in [-0.1, -0.05) is 12.1 Å². The van der Waals surface area contributed by atoms with Crippen LogP contribution in [0, 0.1) is 0 Å². The molecule has 0 aliphatic heterocycles. The number of benzene rings is 1. The summed E-state index contributed by atoms with van der Waals surface area (Å²) in [5.41, 5.74) is 1.80. The summed E-state index contributed by atoms with van der Waals surface area (Å²) in [6.45, 7) is 2.21. The Morgan fingerprint density at radius 1 is 1.22 bits per heavy atom. The third-order valence-corrected chi connectivity index (χ3v) is 7.00. The third-order valence-electron chi connectivity index (χ3n) is 4.71. The molecule has 0 N–H and O–H groups in total. The van der Waals surface area contributed by atoms with Crippen molar-refractivity contribution in [3.8, 4) is 5.75 Å².